The number of amides is 1. The van der Waals surface area contributed by atoms with Crippen molar-refractivity contribution in [3.8, 4) is 0 Å². The Morgan fingerprint density at radius 3 is 2.58 bits per heavy atom. The molecule has 0 saturated heterocycles. The quantitative estimate of drug-likeness (QED) is 0.740. The van der Waals surface area contributed by atoms with Gasteiger partial charge in [0.05, 0.1) is 10.9 Å². The predicted octanol–water partition coefficient (Wildman–Crippen LogP) is 4.63. The number of nitrogens with one attached hydrogen (secondary N) is 1. The molecule has 0 saturated carbocycles. The average molecular weight is 361 g/mol. The van der Waals surface area contributed by atoms with Crippen molar-refractivity contribution in [2.24, 2.45) is 0 Å². The lowest BCUT2D eigenvalue weighted by atomic mass is 10.1. The summed E-state index contributed by atoms with van der Waals surface area (Å²) in [4.78, 5) is 24.5. The van der Waals surface area contributed by atoms with Crippen LogP contribution in [0.25, 0.3) is 11.0 Å². The molecule has 1 heterocycles. The molecule has 134 valence electrons. The summed E-state index contributed by atoms with van der Waals surface area (Å²) in [5.41, 5.74) is -0.137. The number of fused-ring (bicyclic) bond motifs is 1. The highest BCUT2D eigenvalue weighted by Crippen LogP contribution is 2.30. The van der Waals surface area contributed by atoms with E-state index in [0.717, 1.165) is 30.2 Å². The van der Waals surface area contributed by atoms with Crippen molar-refractivity contribution in [3.63, 3.8) is 0 Å². The van der Waals surface area contributed by atoms with Gasteiger partial charge in [0.2, 0.25) is 0 Å². The SMILES string of the molecule is CCc1ccc2oc(C(=O)Nc3cccc(C(F)(F)F)c3)cc(=O)c2c1. The summed E-state index contributed by atoms with van der Waals surface area (Å²) in [6, 6.07) is 10.3. The Morgan fingerprint density at radius 1 is 1.12 bits per heavy atom. The topological polar surface area (TPSA) is 59.3 Å². The Balaban J connectivity index is 1.92. The first kappa shape index (κ1) is 17.7. The molecule has 0 unspecified atom stereocenters. The van der Waals surface area contributed by atoms with Gasteiger partial charge in [-0.3, -0.25) is 9.59 Å². The zero-order valence-corrected chi connectivity index (χ0v) is 13.7. The van der Waals surface area contributed by atoms with Gasteiger partial charge in [-0.15, -0.1) is 0 Å². The highest BCUT2D eigenvalue weighted by molar-refractivity contribution is 6.03. The molecule has 0 spiro atoms. The van der Waals surface area contributed by atoms with Crippen molar-refractivity contribution in [3.05, 3.63) is 75.6 Å². The average Bonchev–Trinajstić information content (AvgIpc) is 2.61. The van der Waals surface area contributed by atoms with E-state index in [4.69, 9.17) is 4.42 Å². The smallest absolute Gasteiger partial charge is 0.416 e. The fraction of sp³-hybridized carbons (Fsp3) is 0.158. The van der Waals surface area contributed by atoms with E-state index in [1.807, 2.05) is 6.92 Å². The number of benzene rings is 2. The van der Waals surface area contributed by atoms with Gasteiger partial charge in [0.1, 0.15) is 5.58 Å². The molecule has 0 radical (unpaired) electrons. The van der Waals surface area contributed by atoms with Crippen LogP contribution in [0.15, 0.2) is 57.7 Å². The number of aryl methyl sites for hydroxylation is 1. The Labute approximate surface area is 146 Å². The van der Waals surface area contributed by atoms with Crippen molar-refractivity contribution in [1.29, 1.82) is 0 Å². The first-order valence-corrected chi connectivity index (χ1v) is 7.83. The highest BCUT2D eigenvalue weighted by Gasteiger charge is 2.30. The Kier molecular flexibility index (Phi) is 4.54. The number of carbonyl (C=O) groups is 1. The van der Waals surface area contributed by atoms with Crippen molar-refractivity contribution >= 4 is 22.6 Å². The number of hydrogen-bond donors (Lipinski definition) is 1. The minimum Gasteiger partial charge on any atom is -0.451 e. The molecule has 0 fully saturated rings. The van der Waals surface area contributed by atoms with E-state index < -0.39 is 23.1 Å². The van der Waals surface area contributed by atoms with Gasteiger partial charge in [-0.1, -0.05) is 19.1 Å². The summed E-state index contributed by atoms with van der Waals surface area (Å²) < 4.78 is 43.7. The van der Waals surface area contributed by atoms with E-state index in [2.05, 4.69) is 5.32 Å². The lowest BCUT2D eigenvalue weighted by Gasteiger charge is -2.10. The van der Waals surface area contributed by atoms with Crippen LogP contribution in [-0.2, 0) is 12.6 Å². The second-order valence-corrected chi connectivity index (χ2v) is 5.69. The second-order valence-electron chi connectivity index (χ2n) is 5.69. The molecule has 3 aromatic rings. The minimum atomic E-state index is -4.52. The molecule has 1 N–H and O–H groups in total. The molecule has 0 bridgehead atoms. The van der Waals surface area contributed by atoms with Crippen molar-refractivity contribution in [1.82, 2.24) is 0 Å². The molecular formula is C19H14F3NO3. The van der Waals surface area contributed by atoms with Crippen molar-refractivity contribution in [2.75, 3.05) is 5.32 Å². The van der Waals surface area contributed by atoms with Gasteiger partial charge >= 0.3 is 6.18 Å². The fourth-order valence-electron chi connectivity index (χ4n) is 2.50. The summed E-state index contributed by atoms with van der Waals surface area (Å²) in [5, 5.41) is 2.66. The second kappa shape index (κ2) is 6.67. The summed E-state index contributed by atoms with van der Waals surface area (Å²) in [5.74, 6) is -1.08. The van der Waals surface area contributed by atoms with Gasteiger partial charge in [-0.05, 0) is 42.3 Å². The first-order chi connectivity index (χ1) is 12.3. The van der Waals surface area contributed by atoms with Crippen LogP contribution in [0.3, 0.4) is 0 Å². The normalized spacial score (nSPS) is 11.5. The largest absolute Gasteiger partial charge is 0.451 e. The minimum absolute atomic E-state index is 0.0473. The fourth-order valence-corrected chi connectivity index (χ4v) is 2.50. The summed E-state index contributed by atoms with van der Waals surface area (Å²) >= 11 is 0. The molecule has 7 heteroatoms. The number of rotatable bonds is 3. The number of hydrogen-bond acceptors (Lipinski definition) is 3. The van der Waals surface area contributed by atoms with Crippen LogP contribution in [0, 0.1) is 0 Å². The standard InChI is InChI=1S/C19H14F3NO3/c1-2-11-6-7-16-14(8-11)15(24)10-17(26-16)18(25)23-13-5-3-4-12(9-13)19(20,21)22/h3-10H,2H2,1H3,(H,23,25). The van der Waals surface area contributed by atoms with Crippen LogP contribution < -0.4 is 10.7 Å². The van der Waals surface area contributed by atoms with Gasteiger partial charge in [0.15, 0.2) is 11.2 Å². The maximum absolute atomic E-state index is 12.7. The molecule has 0 aliphatic carbocycles. The molecule has 0 atom stereocenters. The molecule has 0 aliphatic heterocycles. The Morgan fingerprint density at radius 2 is 1.88 bits per heavy atom. The van der Waals surface area contributed by atoms with Gasteiger partial charge < -0.3 is 9.73 Å². The van der Waals surface area contributed by atoms with Crippen LogP contribution in [0.2, 0.25) is 0 Å². The summed E-state index contributed by atoms with van der Waals surface area (Å²) in [6.45, 7) is 1.94. The van der Waals surface area contributed by atoms with Crippen LogP contribution in [-0.4, -0.2) is 5.91 Å². The third kappa shape index (κ3) is 3.61. The van der Waals surface area contributed by atoms with E-state index in [1.165, 1.54) is 12.1 Å². The van der Waals surface area contributed by atoms with Crippen LogP contribution in [0.1, 0.15) is 28.6 Å². The van der Waals surface area contributed by atoms with Crippen molar-refractivity contribution < 1.29 is 22.4 Å². The lowest BCUT2D eigenvalue weighted by Crippen LogP contribution is -2.15. The van der Waals surface area contributed by atoms with E-state index in [9.17, 15) is 22.8 Å². The predicted molar refractivity (Wildman–Crippen MR) is 91.3 cm³/mol. The van der Waals surface area contributed by atoms with E-state index >= 15 is 0 Å². The molecule has 4 nitrogen and oxygen atoms in total. The van der Waals surface area contributed by atoms with Crippen molar-refractivity contribution in [2.45, 2.75) is 19.5 Å². The van der Waals surface area contributed by atoms with Gasteiger partial charge in [0, 0.05) is 11.8 Å². The number of halogens is 3. The first-order valence-electron chi connectivity index (χ1n) is 7.83. The van der Waals surface area contributed by atoms with Gasteiger partial charge in [0.25, 0.3) is 5.91 Å². The van der Waals surface area contributed by atoms with Gasteiger partial charge in [-0.25, -0.2) is 0 Å². The molecule has 1 amide bonds. The number of carbonyl (C=O) groups excluding carboxylic acids is 1. The molecule has 0 aliphatic rings. The van der Waals surface area contributed by atoms with Crippen LogP contribution in [0.5, 0.6) is 0 Å². The molecule has 2 aromatic carbocycles. The van der Waals surface area contributed by atoms with E-state index in [-0.39, 0.29) is 17.0 Å². The maximum Gasteiger partial charge on any atom is 0.416 e. The molecular weight excluding hydrogens is 347 g/mol. The zero-order valence-electron chi connectivity index (χ0n) is 13.7. The zero-order chi connectivity index (χ0) is 18.9. The highest BCUT2D eigenvalue weighted by atomic mass is 19.4. The Bertz CT molecular complexity index is 1040. The van der Waals surface area contributed by atoms with E-state index in [1.54, 1.807) is 18.2 Å². The van der Waals surface area contributed by atoms with Crippen LogP contribution in [0.4, 0.5) is 18.9 Å². The van der Waals surface area contributed by atoms with Crippen LogP contribution >= 0.6 is 0 Å². The monoisotopic (exact) mass is 361 g/mol. The third-order valence-electron chi connectivity index (χ3n) is 3.87. The number of anilines is 1. The van der Waals surface area contributed by atoms with E-state index in [0.29, 0.717) is 5.39 Å². The lowest BCUT2D eigenvalue weighted by molar-refractivity contribution is -0.137. The maximum atomic E-state index is 12.7. The van der Waals surface area contributed by atoms with Gasteiger partial charge in [-0.2, -0.15) is 13.2 Å². The third-order valence-corrected chi connectivity index (χ3v) is 3.87. The summed E-state index contributed by atoms with van der Waals surface area (Å²) in [7, 11) is 0. The molecule has 3 rings (SSSR count). The Hall–Kier alpha value is -3.09. The number of alkyl halides is 3. The molecule has 1 aromatic heterocycles. The molecule has 26 heavy (non-hydrogen) atoms. The summed E-state index contributed by atoms with van der Waals surface area (Å²) in [6.07, 6.45) is -3.78.